The van der Waals surface area contributed by atoms with Gasteiger partial charge < -0.3 is 4.74 Å². The Morgan fingerprint density at radius 3 is 2.12 bits per heavy atom. The molecule has 1 aliphatic heterocycles. The summed E-state index contributed by atoms with van der Waals surface area (Å²) in [4.78, 5) is 14.1. The van der Waals surface area contributed by atoms with E-state index in [4.69, 9.17) is 4.74 Å². The summed E-state index contributed by atoms with van der Waals surface area (Å²) in [7, 11) is 1.27. The SMILES string of the molecule is COC(=O)C[C@H]1CCCN([C@H](CCC(C)(C)C)CCC(F)(F)F)[C@@H]1c1ccc(C(F)(F)F)cc1. The lowest BCUT2D eigenvalue weighted by molar-refractivity contribution is -0.143. The zero-order valence-corrected chi connectivity index (χ0v) is 20.2. The molecule has 0 radical (unpaired) electrons. The van der Waals surface area contributed by atoms with E-state index in [1.54, 1.807) is 0 Å². The average molecular weight is 496 g/mol. The largest absolute Gasteiger partial charge is 0.469 e. The Morgan fingerprint density at radius 1 is 1.03 bits per heavy atom. The van der Waals surface area contributed by atoms with Crippen LogP contribution in [0.15, 0.2) is 24.3 Å². The summed E-state index contributed by atoms with van der Waals surface area (Å²) in [6.07, 6.45) is -7.19. The predicted octanol–water partition coefficient (Wildman–Crippen LogP) is 7.56. The van der Waals surface area contributed by atoms with Crippen molar-refractivity contribution in [3.05, 3.63) is 35.4 Å². The van der Waals surface area contributed by atoms with Gasteiger partial charge in [-0.3, -0.25) is 9.69 Å². The minimum Gasteiger partial charge on any atom is -0.469 e. The maximum atomic E-state index is 13.1. The first-order valence-electron chi connectivity index (χ1n) is 11.7. The maximum Gasteiger partial charge on any atom is 0.416 e. The van der Waals surface area contributed by atoms with Crippen LogP contribution in [-0.4, -0.2) is 36.7 Å². The van der Waals surface area contributed by atoms with E-state index in [1.807, 2.05) is 25.7 Å². The quantitative estimate of drug-likeness (QED) is 0.275. The second-order valence-electron chi connectivity index (χ2n) is 10.4. The van der Waals surface area contributed by atoms with E-state index in [9.17, 15) is 31.1 Å². The zero-order chi connectivity index (χ0) is 25.7. The first kappa shape index (κ1) is 28.5. The lowest BCUT2D eigenvalue weighted by Crippen LogP contribution is -2.46. The highest BCUT2D eigenvalue weighted by Crippen LogP contribution is 2.43. The Balaban J connectivity index is 2.43. The molecular formula is C25H35F6NO2. The molecule has 0 aliphatic carbocycles. The molecule has 1 aromatic rings. The molecule has 1 saturated heterocycles. The Morgan fingerprint density at radius 2 is 1.62 bits per heavy atom. The van der Waals surface area contributed by atoms with Gasteiger partial charge in [-0.2, -0.15) is 26.3 Å². The first-order chi connectivity index (χ1) is 15.6. The van der Waals surface area contributed by atoms with Crippen molar-refractivity contribution in [1.82, 2.24) is 4.90 Å². The first-order valence-corrected chi connectivity index (χ1v) is 11.7. The van der Waals surface area contributed by atoms with Gasteiger partial charge in [0.15, 0.2) is 0 Å². The number of benzene rings is 1. The molecule has 0 aromatic heterocycles. The second kappa shape index (κ2) is 11.3. The van der Waals surface area contributed by atoms with Gasteiger partial charge >= 0.3 is 18.3 Å². The zero-order valence-electron chi connectivity index (χ0n) is 20.2. The van der Waals surface area contributed by atoms with Crippen molar-refractivity contribution in [2.45, 2.75) is 90.2 Å². The van der Waals surface area contributed by atoms with Crippen LogP contribution in [0.2, 0.25) is 0 Å². The lowest BCUT2D eigenvalue weighted by atomic mass is 9.79. The number of nitrogens with zero attached hydrogens (tertiary/aromatic N) is 1. The van der Waals surface area contributed by atoms with Crippen molar-refractivity contribution in [3.63, 3.8) is 0 Å². The predicted molar refractivity (Wildman–Crippen MR) is 118 cm³/mol. The van der Waals surface area contributed by atoms with Crippen LogP contribution in [0.1, 0.15) is 82.9 Å². The summed E-state index contributed by atoms with van der Waals surface area (Å²) in [5, 5.41) is 0. The van der Waals surface area contributed by atoms with Crippen molar-refractivity contribution in [2.75, 3.05) is 13.7 Å². The highest BCUT2D eigenvalue weighted by Gasteiger charge is 2.40. The van der Waals surface area contributed by atoms with Crippen LogP contribution in [-0.2, 0) is 15.7 Å². The Bertz CT molecular complexity index is 765. The molecule has 9 heteroatoms. The van der Waals surface area contributed by atoms with Gasteiger partial charge in [-0.15, -0.1) is 0 Å². The number of hydrogen-bond donors (Lipinski definition) is 0. The molecule has 194 valence electrons. The Hall–Kier alpha value is -1.77. The summed E-state index contributed by atoms with van der Waals surface area (Å²) < 4.78 is 83.6. The molecule has 0 saturated carbocycles. The van der Waals surface area contributed by atoms with E-state index in [1.165, 1.54) is 19.2 Å². The van der Waals surface area contributed by atoms with Crippen molar-refractivity contribution < 1.29 is 35.9 Å². The van der Waals surface area contributed by atoms with Crippen molar-refractivity contribution in [2.24, 2.45) is 11.3 Å². The van der Waals surface area contributed by atoms with Crippen LogP contribution >= 0.6 is 0 Å². The van der Waals surface area contributed by atoms with E-state index in [0.717, 1.165) is 12.1 Å². The van der Waals surface area contributed by atoms with E-state index in [0.29, 0.717) is 37.8 Å². The highest BCUT2D eigenvalue weighted by molar-refractivity contribution is 5.69. The summed E-state index contributed by atoms with van der Waals surface area (Å²) in [5.41, 5.74) is -0.291. The number of ether oxygens (including phenoxy) is 1. The highest BCUT2D eigenvalue weighted by atomic mass is 19.4. The molecule has 0 bridgehead atoms. The molecule has 0 N–H and O–H groups in total. The van der Waals surface area contributed by atoms with Gasteiger partial charge in [-0.1, -0.05) is 32.9 Å². The Kier molecular flexibility index (Phi) is 9.47. The minimum absolute atomic E-state index is 0.0595. The number of halogens is 6. The van der Waals surface area contributed by atoms with Crippen LogP contribution in [0, 0.1) is 11.3 Å². The fourth-order valence-corrected chi connectivity index (χ4v) is 4.76. The van der Waals surface area contributed by atoms with Gasteiger partial charge in [-0.25, -0.2) is 0 Å². The fraction of sp³-hybridized carbons (Fsp3) is 0.720. The summed E-state index contributed by atoms with van der Waals surface area (Å²) in [6.45, 7) is 6.60. The van der Waals surface area contributed by atoms with Crippen LogP contribution in [0.3, 0.4) is 0 Å². The summed E-state index contributed by atoms with van der Waals surface area (Å²) >= 11 is 0. The third kappa shape index (κ3) is 8.78. The van der Waals surface area contributed by atoms with Gasteiger partial charge in [0.1, 0.15) is 0 Å². The van der Waals surface area contributed by atoms with Crippen molar-refractivity contribution >= 4 is 5.97 Å². The number of likely N-dealkylation sites (tertiary alicyclic amines) is 1. The second-order valence-corrected chi connectivity index (χ2v) is 10.4. The molecule has 34 heavy (non-hydrogen) atoms. The van der Waals surface area contributed by atoms with Crippen LogP contribution in [0.5, 0.6) is 0 Å². The van der Waals surface area contributed by atoms with E-state index < -0.39 is 42.4 Å². The van der Waals surface area contributed by atoms with Crippen LogP contribution in [0.25, 0.3) is 0 Å². The van der Waals surface area contributed by atoms with E-state index in [2.05, 4.69) is 0 Å². The number of alkyl halides is 6. The van der Waals surface area contributed by atoms with Crippen molar-refractivity contribution in [3.8, 4) is 0 Å². The smallest absolute Gasteiger partial charge is 0.416 e. The van der Waals surface area contributed by atoms with Crippen molar-refractivity contribution in [1.29, 1.82) is 0 Å². The molecule has 0 amide bonds. The number of methoxy groups -OCH3 is 1. The number of carbonyl (C=O) groups excluding carboxylic acids is 1. The van der Waals surface area contributed by atoms with Gasteiger partial charge in [0.25, 0.3) is 0 Å². The van der Waals surface area contributed by atoms with Gasteiger partial charge in [0, 0.05) is 18.5 Å². The van der Waals surface area contributed by atoms with Gasteiger partial charge in [0.05, 0.1) is 19.1 Å². The molecule has 1 aliphatic rings. The molecular weight excluding hydrogens is 460 g/mol. The molecule has 1 fully saturated rings. The Labute approximate surface area is 197 Å². The van der Waals surface area contributed by atoms with Crippen LogP contribution in [0.4, 0.5) is 26.3 Å². The van der Waals surface area contributed by atoms with E-state index >= 15 is 0 Å². The van der Waals surface area contributed by atoms with Gasteiger partial charge in [-0.05, 0) is 67.7 Å². The number of esters is 1. The average Bonchev–Trinajstić information content (AvgIpc) is 2.71. The monoisotopic (exact) mass is 495 g/mol. The standard InChI is InChI=1S/C25H35F6NO2/c1-23(2,3)13-11-20(12-14-24(26,27)28)32-15-5-6-18(16-21(33)34-4)22(32)17-7-9-19(10-8-17)25(29,30)31/h7-10,18,20,22H,5-6,11-16H2,1-4H3/t18-,20-,22-/m1/s1. The van der Waals surface area contributed by atoms with Gasteiger partial charge in [0.2, 0.25) is 0 Å². The molecule has 1 aromatic carbocycles. The number of carbonyl (C=O) groups is 1. The minimum atomic E-state index is -4.49. The normalized spacial score (nSPS) is 21.4. The number of piperidine rings is 1. The number of rotatable bonds is 8. The van der Waals surface area contributed by atoms with E-state index in [-0.39, 0.29) is 24.2 Å². The topological polar surface area (TPSA) is 29.5 Å². The molecule has 0 unspecified atom stereocenters. The maximum absolute atomic E-state index is 13.1. The number of hydrogen-bond acceptors (Lipinski definition) is 3. The molecule has 3 nitrogen and oxygen atoms in total. The fourth-order valence-electron chi connectivity index (χ4n) is 4.76. The third-order valence-electron chi connectivity index (χ3n) is 6.49. The summed E-state index contributed by atoms with van der Waals surface area (Å²) in [5.74, 6) is -0.703. The summed E-state index contributed by atoms with van der Waals surface area (Å²) in [6, 6.07) is 3.90. The molecule has 3 atom stereocenters. The lowest BCUT2D eigenvalue weighted by Gasteiger charge is -2.46. The molecule has 0 spiro atoms. The molecule has 1 heterocycles. The molecule has 2 rings (SSSR count). The third-order valence-corrected chi connectivity index (χ3v) is 6.49. The van der Waals surface area contributed by atoms with Crippen LogP contribution < -0.4 is 0 Å².